The van der Waals surface area contributed by atoms with Crippen molar-refractivity contribution in [1.29, 1.82) is 0 Å². The van der Waals surface area contributed by atoms with Crippen LogP contribution in [0.4, 0.5) is 0 Å². The number of nitrogens with one attached hydrogen (secondary N) is 1. The minimum atomic E-state index is -0.877. The average molecular weight is 682 g/mol. The van der Waals surface area contributed by atoms with Crippen molar-refractivity contribution in [2.24, 2.45) is 0 Å². The van der Waals surface area contributed by atoms with Gasteiger partial charge in [0, 0.05) is 24.9 Å². The third-order valence-corrected chi connectivity index (χ3v) is 8.39. The van der Waals surface area contributed by atoms with Gasteiger partial charge in [0.2, 0.25) is 6.79 Å². The molecule has 4 aromatic carbocycles. The summed E-state index contributed by atoms with van der Waals surface area (Å²) in [6, 6.07) is 26.7. The van der Waals surface area contributed by atoms with Crippen molar-refractivity contribution in [2.75, 3.05) is 20.0 Å². The molecule has 0 saturated carbocycles. The van der Waals surface area contributed by atoms with Crippen LogP contribution in [-0.4, -0.2) is 48.1 Å². The van der Waals surface area contributed by atoms with Crippen LogP contribution in [0.25, 0.3) is 11.1 Å². The van der Waals surface area contributed by atoms with Gasteiger partial charge in [0.25, 0.3) is 5.91 Å². The molecule has 0 bridgehead atoms. The minimum Gasteiger partial charge on any atom is -0.494 e. The van der Waals surface area contributed by atoms with Crippen LogP contribution in [0.2, 0.25) is 0 Å². The third kappa shape index (κ3) is 10.7. The van der Waals surface area contributed by atoms with Crippen LogP contribution in [0.3, 0.4) is 0 Å². The van der Waals surface area contributed by atoms with Gasteiger partial charge in [-0.15, -0.1) is 0 Å². The topological polar surface area (TPSA) is 141 Å². The van der Waals surface area contributed by atoms with Gasteiger partial charge in [-0.05, 0) is 96.3 Å². The number of hydrogen-bond acceptors (Lipinski definition) is 7. The zero-order valence-electron chi connectivity index (χ0n) is 28.0. The summed E-state index contributed by atoms with van der Waals surface area (Å²) in [5, 5.41) is 21.2. The summed E-state index contributed by atoms with van der Waals surface area (Å²) >= 11 is 0. The molecule has 10 nitrogen and oxygen atoms in total. The Morgan fingerprint density at radius 1 is 0.680 bits per heavy atom. The Hall–Kier alpha value is -5.51. The quantitative estimate of drug-likeness (QED) is 0.0811. The van der Waals surface area contributed by atoms with Gasteiger partial charge in [0.1, 0.15) is 11.5 Å². The molecule has 3 N–H and O–H groups in total. The van der Waals surface area contributed by atoms with Crippen molar-refractivity contribution in [3.8, 4) is 34.1 Å². The van der Waals surface area contributed by atoms with Gasteiger partial charge in [0.05, 0.1) is 13.2 Å². The Morgan fingerprint density at radius 2 is 1.46 bits per heavy atom. The van der Waals surface area contributed by atoms with E-state index in [1.807, 2.05) is 78.9 Å². The summed E-state index contributed by atoms with van der Waals surface area (Å²) < 4.78 is 23.1. The van der Waals surface area contributed by atoms with E-state index in [0.29, 0.717) is 54.6 Å². The predicted molar refractivity (Wildman–Crippen MR) is 188 cm³/mol. The Balaban J connectivity index is 1.16. The predicted octanol–water partition coefficient (Wildman–Crippen LogP) is 7.46. The Bertz CT molecular complexity index is 1760. The number of carbonyl (C=O) groups excluding carboxylic acids is 1. The number of unbranched alkanes of at least 4 members (excludes halogenated alkanes) is 3. The number of carboxylic acids is 2. The second-order valence-electron chi connectivity index (χ2n) is 12.1. The van der Waals surface area contributed by atoms with E-state index >= 15 is 0 Å². The molecular weight excluding hydrogens is 638 g/mol. The molecule has 1 aliphatic heterocycles. The van der Waals surface area contributed by atoms with E-state index in [1.54, 1.807) is 6.07 Å². The number of ether oxygens (including phenoxy) is 4. The normalized spacial score (nSPS) is 11.6. The zero-order valence-corrected chi connectivity index (χ0v) is 28.0. The largest absolute Gasteiger partial charge is 0.494 e. The zero-order chi connectivity index (χ0) is 35.1. The standard InChI is InChI=1S/C40H43NO9/c42-38(43)15-9-21-48-35-14-8-13-29(34(35)17-19-39(44)45)12-6-1-2-7-20-47-33-23-31(30-16-18-36-37(25-30)50-27-49-36)22-32(24-33)40(46)41-26-28-10-4-3-5-11-28/h3-5,8,10-11,13-14,16,18,22-25H,1-2,6-7,9,12,15,17,19-21,26-27H2,(H,41,46)(H,42,43)(H,44,45). The first-order valence-corrected chi connectivity index (χ1v) is 17.0. The summed E-state index contributed by atoms with van der Waals surface area (Å²) in [6.45, 7) is 1.34. The van der Waals surface area contributed by atoms with Crippen LogP contribution in [0.5, 0.6) is 23.0 Å². The fourth-order valence-corrected chi connectivity index (χ4v) is 5.80. The van der Waals surface area contributed by atoms with E-state index < -0.39 is 11.9 Å². The number of benzene rings is 4. The molecule has 1 amide bonds. The lowest BCUT2D eigenvalue weighted by Crippen LogP contribution is -2.22. The first-order chi connectivity index (χ1) is 24.4. The smallest absolute Gasteiger partial charge is 0.303 e. The number of carbonyl (C=O) groups is 3. The lowest BCUT2D eigenvalue weighted by molar-refractivity contribution is -0.138. The lowest BCUT2D eigenvalue weighted by atomic mass is 9.97. The summed E-state index contributed by atoms with van der Waals surface area (Å²) in [4.78, 5) is 35.4. The van der Waals surface area contributed by atoms with Crippen LogP contribution >= 0.6 is 0 Å². The van der Waals surface area contributed by atoms with E-state index in [0.717, 1.165) is 59.9 Å². The van der Waals surface area contributed by atoms with Gasteiger partial charge in [-0.25, -0.2) is 0 Å². The van der Waals surface area contributed by atoms with Gasteiger partial charge >= 0.3 is 11.9 Å². The fraction of sp³-hybridized carbons (Fsp3) is 0.325. The van der Waals surface area contributed by atoms with Crippen LogP contribution in [0.1, 0.15) is 72.0 Å². The third-order valence-electron chi connectivity index (χ3n) is 8.39. The fourth-order valence-electron chi connectivity index (χ4n) is 5.80. The maximum atomic E-state index is 13.2. The first kappa shape index (κ1) is 35.8. The van der Waals surface area contributed by atoms with E-state index in [1.165, 1.54) is 0 Å². The Labute approximate surface area is 292 Å². The molecule has 0 aromatic heterocycles. The minimum absolute atomic E-state index is 0.00783. The van der Waals surface area contributed by atoms with Crippen molar-refractivity contribution in [3.05, 3.63) is 107 Å². The maximum Gasteiger partial charge on any atom is 0.303 e. The number of aryl methyl sites for hydroxylation is 1. The molecule has 1 aliphatic rings. The molecule has 50 heavy (non-hydrogen) atoms. The molecule has 0 fully saturated rings. The van der Waals surface area contributed by atoms with E-state index in [2.05, 4.69) is 5.32 Å². The highest BCUT2D eigenvalue weighted by Gasteiger charge is 2.17. The van der Waals surface area contributed by atoms with Gasteiger partial charge in [0.15, 0.2) is 11.5 Å². The van der Waals surface area contributed by atoms with E-state index in [4.69, 9.17) is 24.1 Å². The SMILES string of the molecule is O=C(O)CCCOc1cccc(CCCCCCOc2cc(C(=O)NCc3ccccc3)cc(-c3ccc4c(c3)OCO4)c2)c1CCC(=O)O. The Kier molecular flexibility index (Phi) is 13.1. The molecule has 0 atom stereocenters. The molecule has 0 unspecified atom stereocenters. The van der Waals surface area contributed by atoms with Crippen LogP contribution in [0, 0.1) is 0 Å². The lowest BCUT2D eigenvalue weighted by Gasteiger charge is -2.15. The van der Waals surface area contributed by atoms with Gasteiger partial charge in [-0.1, -0.05) is 61.4 Å². The van der Waals surface area contributed by atoms with E-state index in [-0.39, 0.29) is 32.1 Å². The molecule has 0 radical (unpaired) electrons. The molecule has 0 saturated heterocycles. The molecule has 0 spiro atoms. The molecule has 10 heteroatoms. The Morgan fingerprint density at radius 3 is 2.28 bits per heavy atom. The summed E-state index contributed by atoms with van der Waals surface area (Å²) in [5.74, 6) is 0.629. The summed E-state index contributed by atoms with van der Waals surface area (Å²) in [7, 11) is 0. The highest BCUT2D eigenvalue weighted by molar-refractivity contribution is 5.96. The van der Waals surface area contributed by atoms with Gasteiger partial charge in [-0.2, -0.15) is 0 Å². The first-order valence-electron chi connectivity index (χ1n) is 17.0. The second-order valence-corrected chi connectivity index (χ2v) is 12.1. The number of aliphatic carboxylic acids is 2. The molecular formula is C40H43NO9. The highest BCUT2D eigenvalue weighted by atomic mass is 16.7. The van der Waals surface area contributed by atoms with Gasteiger partial charge < -0.3 is 34.5 Å². The molecule has 4 aromatic rings. The number of amides is 1. The van der Waals surface area contributed by atoms with Crippen molar-refractivity contribution >= 4 is 17.8 Å². The van der Waals surface area contributed by atoms with Crippen molar-refractivity contribution in [2.45, 2.75) is 64.3 Å². The van der Waals surface area contributed by atoms with E-state index in [9.17, 15) is 19.5 Å². The molecule has 5 rings (SSSR count). The van der Waals surface area contributed by atoms with Crippen LogP contribution in [0.15, 0.2) is 84.9 Å². The molecule has 0 aliphatic carbocycles. The molecule has 262 valence electrons. The number of fused-ring (bicyclic) bond motifs is 1. The van der Waals surface area contributed by atoms with Crippen molar-refractivity contribution in [1.82, 2.24) is 5.32 Å². The van der Waals surface area contributed by atoms with Crippen LogP contribution < -0.4 is 24.3 Å². The highest BCUT2D eigenvalue weighted by Crippen LogP contribution is 2.37. The molecule has 1 heterocycles. The summed E-state index contributed by atoms with van der Waals surface area (Å²) in [6.07, 6.45) is 5.14. The number of carboxylic acid groups (broad SMARTS) is 2. The monoisotopic (exact) mass is 681 g/mol. The second kappa shape index (κ2) is 18.3. The number of rotatable bonds is 20. The maximum absolute atomic E-state index is 13.2. The van der Waals surface area contributed by atoms with Crippen molar-refractivity contribution < 1.29 is 43.5 Å². The van der Waals surface area contributed by atoms with Crippen LogP contribution in [-0.2, 0) is 29.0 Å². The van der Waals surface area contributed by atoms with Gasteiger partial charge in [-0.3, -0.25) is 14.4 Å². The number of hydrogen-bond donors (Lipinski definition) is 3. The summed E-state index contributed by atoms with van der Waals surface area (Å²) in [5.41, 5.74) is 5.15. The van der Waals surface area contributed by atoms with Crippen molar-refractivity contribution in [3.63, 3.8) is 0 Å². The average Bonchev–Trinajstić information content (AvgIpc) is 3.60.